The molecule has 1 saturated heterocycles. The van der Waals surface area contributed by atoms with Crippen molar-refractivity contribution < 1.29 is 30.4 Å². The first-order valence-corrected chi connectivity index (χ1v) is 7.96. The summed E-state index contributed by atoms with van der Waals surface area (Å²) in [5.74, 6) is -11.8. The molecule has 2 rings (SSSR count). The molecular weight excluding hydrogens is 331 g/mol. The third kappa shape index (κ3) is 3.23. The molecule has 0 radical (unpaired) electrons. The highest BCUT2D eigenvalue weighted by molar-refractivity contribution is 7.89. The van der Waals surface area contributed by atoms with E-state index in [4.69, 9.17) is 0 Å². The molecule has 1 heterocycles. The minimum atomic E-state index is -4.86. The second kappa shape index (κ2) is 6.47. The number of hydrogen-bond donors (Lipinski definition) is 2. The quantitative estimate of drug-likeness (QED) is 0.496. The van der Waals surface area contributed by atoms with Crippen LogP contribution in [0.4, 0.5) is 22.0 Å². The maximum atomic E-state index is 13.5. The summed E-state index contributed by atoms with van der Waals surface area (Å²) >= 11 is 0. The van der Waals surface area contributed by atoms with E-state index in [1.54, 1.807) is 0 Å². The third-order valence-corrected chi connectivity index (χ3v) is 4.84. The summed E-state index contributed by atoms with van der Waals surface area (Å²) in [7, 11) is -4.86. The van der Waals surface area contributed by atoms with E-state index in [0.29, 0.717) is 13.0 Å². The SMILES string of the molecule is O=S(=O)(NC[C@H]1CCCNC1)c1c(F)c(F)c(F)c(F)c1F. The van der Waals surface area contributed by atoms with Crippen LogP contribution in [0.5, 0.6) is 0 Å². The molecule has 0 bridgehead atoms. The molecule has 0 aliphatic carbocycles. The highest BCUT2D eigenvalue weighted by Gasteiger charge is 2.33. The molecule has 124 valence electrons. The van der Waals surface area contributed by atoms with E-state index in [2.05, 4.69) is 5.32 Å². The number of rotatable bonds is 4. The Bertz CT molecular complexity index is 646. The molecule has 1 aliphatic heterocycles. The largest absolute Gasteiger partial charge is 0.316 e. The third-order valence-electron chi connectivity index (χ3n) is 3.40. The van der Waals surface area contributed by atoms with Crippen molar-refractivity contribution in [3.8, 4) is 0 Å². The van der Waals surface area contributed by atoms with Crippen LogP contribution >= 0.6 is 0 Å². The molecule has 0 saturated carbocycles. The molecule has 0 spiro atoms. The van der Waals surface area contributed by atoms with Crippen LogP contribution in [0.3, 0.4) is 0 Å². The fraction of sp³-hybridized carbons (Fsp3) is 0.500. The van der Waals surface area contributed by atoms with Gasteiger partial charge in [0, 0.05) is 6.54 Å². The molecule has 0 unspecified atom stereocenters. The fourth-order valence-corrected chi connectivity index (χ4v) is 3.47. The van der Waals surface area contributed by atoms with Crippen LogP contribution < -0.4 is 10.0 Å². The number of halogens is 5. The van der Waals surface area contributed by atoms with Gasteiger partial charge in [0.25, 0.3) is 0 Å². The predicted molar refractivity (Wildman–Crippen MR) is 67.0 cm³/mol. The molecule has 1 atom stereocenters. The fourth-order valence-electron chi connectivity index (χ4n) is 2.22. The Labute approximate surface area is 123 Å². The lowest BCUT2D eigenvalue weighted by Crippen LogP contribution is -2.38. The first-order chi connectivity index (χ1) is 10.3. The summed E-state index contributed by atoms with van der Waals surface area (Å²) in [5.41, 5.74) is 0. The van der Waals surface area contributed by atoms with Gasteiger partial charge in [0.05, 0.1) is 0 Å². The van der Waals surface area contributed by atoms with Gasteiger partial charge in [0.15, 0.2) is 28.2 Å². The molecule has 1 aromatic rings. The van der Waals surface area contributed by atoms with Gasteiger partial charge in [0.1, 0.15) is 0 Å². The average molecular weight is 344 g/mol. The van der Waals surface area contributed by atoms with Gasteiger partial charge in [-0.3, -0.25) is 0 Å². The summed E-state index contributed by atoms with van der Waals surface area (Å²) in [6.07, 6.45) is 1.49. The first-order valence-electron chi connectivity index (χ1n) is 6.47. The Morgan fingerprint density at radius 3 is 2.05 bits per heavy atom. The second-order valence-electron chi connectivity index (χ2n) is 4.96. The van der Waals surface area contributed by atoms with Crippen LogP contribution in [-0.2, 0) is 10.0 Å². The predicted octanol–water partition coefficient (Wildman–Crippen LogP) is 1.66. The molecule has 2 N–H and O–H groups in total. The number of sulfonamides is 1. The van der Waals surface area contributed by atoms with E-state index in [1.165, 1.54) is 0 Å². The highest BCUT2D eigenvalue weighted by atomic mass is 32.2. The van der Waals surface area contributed by atoms with E-state index in [9.17, 15) is 30.4 Å². The molecule has 22 heavy (non-hydrogen) atoms. The van der Waals surface area contributed by atoms with Crippen LogP contribution in [0.25, 0.3) is 0 Å². The lowest BCUT2D eigenvalue weighted by molar-refractivity contribution is 0.355. The molecular formula is C12H13F5N2O2S. The lowest BCUT2D eigenvalue weighted by atomic mass is 10.0. The first kappa shape index (κ1) is 17.1. The maximum Gasteiger partial charge on any atom is 0.246 e. The number of nitrogens with one attached hydrogen (secondary N) is 2. The molecule has 1 fully saturated rings. The van der Waals surface area contributed by atoms with Gasteiger partial charge < -0.3 is 5.32 Å². The number of piperidine rings is 1. The van der Waals surface area contributed by atoms with E-state index in [-0.39, 0.29) is 12.5 Å². The van der Waals surface area contributed by atoms with Crippen molar-refractivity contribution in [1.29, 1.82) is 0 Å². The van der Waals surface area contributed by atoms with Gasteiger partial charge in [-0.15, -0.1) is 0 Å². The molecule has 10 heteroatoms. The second-order valence-corrected chi connectivity index (χ2v) is 6.67. The van der Waals surface area contributed by atoms with Crippen molar-refractivity contribution in [2.24, 2.45) is 5.92 Å². The molecule has 1 aliphatic rings. The van der Waals surface area contributed by atoms with E-state index in [0.717, 1.165) is 13.0 Å². The van der Waals surface area contributed by atoms with Crippen molar-refractivity contribution in [3.63, 3.8) is 0 Å². The summed E-state index contributed by atoms with van der Waals surface area (Å²) in [5, 5.41) is 3.01. The molecule has 1 aromatic carbocycles. The van der Waals surface area contributed by atoms with Crippen molar-refractivity contribution in [3.05, 3.63) is 29.1 Å². The topological polar surface area (TPSA) is 58.2 Å². The summed E-state index contributed by atoms with van der Waals surface area (Å²) < 4.78 is 91.7. The van der Waals surface area contributed by atoms with E-state index < -0.39 is 44.0 Å². The van der Waals surface area contributed by atoms with Gasteiger partial charge >= 0.3 is 0 Å². The van der Waals surface area contributed by atoms with Gasteiger partial charge in [-0.05, 0) is 31.8 Å². The van der Waals surface area contributed by atoms with Crippen LogP contribution in [0, 0.1) is 35.0 Å². The Morgan fingerprint density at radius 2 is 1.55 bits per heavy atom. The standard InChI is InChI=1S/C12H13F5N2O2S/c13-7-8(14)10(16)12(11(17)9(7)15)22(20,21)19-5-6-2-1-3-18-4-6/h6,18-19H,1-5H2/t6-/m0/s1. The van der Waals surface area contributed by atoms with Crippen LogP contribution in [0.15, 0.2) is 4.90 Å². The summed E-state index contributed by atoms with van der Waals surface area (Å²) in [6.45, 7) is 1.12. The normalized spacial score (nSPS) is 19.4. The zero-order valence-corrected chi connectivity index (χ0v) is 12.0. The smallest absolute Gasteiger partial charge is 0.246 e. The number of benzene rings is 1. The van der Waals surface area contributed by atoms with E-state index in [1.807, 2.05) is 4.72 Å². The van der Waals surface area contributed by atoms with Crippen molar-refractivity contribution in [1.82, 2.24) is 10.0 Å². The van der Waals surface area contributed by atoms with Crippen LogP contribution in [-0.4, -0.2) is 28.1 Å². The van der Waals surface area contributed by atoms with Crippen LogP contribution in [0.2, 0.25) is 0 Å². The minimum Gasteiger partial charge on any atom is -0.316 e. The molecule has 0 aromatic heterocycles. The van der Waals surface area contributed by atoms with E-state index >= 15 is 0 Å². The molecule has 0 amide bonds. The summed E-state index contributed by atoms with van der Waals surface area (Å²) in [4.78, 5) is -1.85. The van der Waals surface area contributed by atoms with Crippen molar-refractivity contribution in [2.45, 2.75) is 17.7 Å². The molecule has 4 nitrogen and oxygen atoms in total. The van der Waals surface area contributed by atoms with Gasteiger partial charge in [-0.25, -0.2) is 35.1 Å². The van der Waals surface area contributed by atoms with Crippen molar-refractivity contribution >= 4 is 10.0 Å². The average Bonchev–Trinajstić information content (AvgIpc) is 2.50. The Balaban J connectivity index is 2.29. The van der Waals surface area contributed by atoms with Crippen molar-refractivity contribution in [2.75, 3.05) is 19.6 Å². The Hall–Kier alpha value is -1.26. The summed E-state index contributed by atoms with van der Waals surface area (Å²) in [6, 6.07) is 0. The Kier molecular flexibility index (Phi) is 5.03. The number of hydrogen-bond acceptors (Lipinski definition) is 3. The van der Waals surface area contributed by atoms with Gasteiger partial charge in [-0.2, -0.15) is 0 Å². The van der Waals surface area contributed by atoms with Crippen LogP contribution in [0.1, 0.15) is 12.8 Å². The maximum absolute atomic E-state index is 13.5. The zero-order valence-electron chi connectivity index (χ0n) is 11.2. The lowest BCUT2D eigenvalue weighted by Gasteiger charge is -2.23. The zero-order chi connectivity index (χ0) is 16.5. The minimum absolute atomic E-state index is 0.121. The monoisotopic (exact) mass is 344 g/mol. The van der Waals surface area contributed by atoms with Gasteiger partial charge in [-0.1, -0.05) is 0 Å². The van der Waals surface area contributed by atoms with Gasteiger partial charge in [0.2, 0.25) is 15.8 Å². The highest BCUT2D eigenvalue weighted by Crippen LogP contribution is 2.26. The Morgan fingerprint density at radius 1 is 1.00 bits per heavy atom.